The van der Waals surface area contributed by atoms with Gasteiger partial charge in [-0.05, 0) is 35.9 Å². The molecule has 23 heavy (non-hydrogen) atoms. The highest BCUT2D eigenvalue weighted by Crippen LogP contribution is 2.20. The van der Waals surface area contributed by atoms with Crippen molar-refractivity contribution in [2.45, 2.75) is 6.54 Å². The molecule has 0 aliphatic carbocycles. The smallest absolute Gasteiger partial charge is 0.100 e. The zero-order valence-electron chi connectivity index (χ0n) is 12.7. The van der Waals surface area contributed by atoms with Crippen LogP contribution in [0.3, 0.4) is 0 Å². The molecular weight excluding hydrogens is 282 g/mol. The van der Waals surface area contributed by atoms with E-state index >= 15 is 0 Å². The van der Waals surface area contributed by atoms with E-state index in [4.69, 9.17) is 0 Å². The van der Waals surface area contributed by atoms with E-state index in [-0.39, 0.29) is 0 Å². The molecule has 1 aromatic heterocycles. The summed E-state index contributed by atoms with van der Waals surface area (Å²) in [4.78, 5) is 4.46. The van der Waals surface area contributed by atoms with E-state index in [1.807, 2.05) is 30.6 Å². The molecule has 1 heterocycles. The quantitative estimate of drug-likeness (QED) is 0.595. The van der Waals surface area contributed by atoms with Gasteiger partial charge in [0, 0.05) is 17.9 Å². The molecule has 1 N–H and O–H groups in total. The Labute approximate surface area is 135 Å². The SMILES string of the molecule is c1ccc(CNc2cccc(-n3cnc4ccccc43)c2)cc1. The van der Waals surface area contributed by atoms with Crippen LogP contribution in [0.1, 0.15) is 5.56 Å². The number of anilines is 1. The molecule has 112 valence electrons. The normalized spacial score (nSPS) is 10.8. The van der Waals surface area contributed by atoms with Crippen molar-refractivity contribution >= 4 is 16.7 Å². The molecule has 0 fully saturated rings. The minimum Gasteiger partial charge on any atom is -0.381 e. The first kappa shape index (κ1) is 13.6. The fraction of sp³-hybridized carbons (Fsp3) is 0.0500. The predicted octanol–water partition coefficient (Wildman–Crippen LogP) is 4.64. The number of para-hydroxylation sites is 2. The van der Waals surface area contributed by atoms with Crippen LogP contribution < -0.4 is 5.32 Å². The number of hydrogen-bond donors (Lipinski definition) is 1. The van der Waals surface area contributed by atoms with Crippen LogP contribution in [0.2, 0.25) is 0 Å². The second kappa shape index (κ2) is 5.97. The lowest BCUT2D eigenvalue weighted by Gasteiger charge is -2.10. The first-order chi connectivity index (χ1) is 11.4. The Morgan fingerprint density at radius 2 is 1.65 bits per heavy atom. The monoisotopic (exact) mass is 299 g/mol. The van der Waals surface area contributed by atoms with Crippen molar-refractivity contribution in [3.05, 3.63) is 90.8 Å². The maximum Gasteiger partial charge on any atom is 0.100 e. The number of benzene rings is 3. The lowest BCUT2D eigenvalue weighted by atomic mass is 10.2. The van der Waals surface area contributed by atoms with Crippen LogP contribution in [-0.2, 0) is 6.54 Å². The van der Waals surface area contributed by atoms with Crippen molar-refractivity contribution in [1.82, 2.24) is 9.55 Å². The lowest BCUT2D eigenvalue weighted by Crippen LogP contribution is -2.00. The topological polar surface area (TPSA) is 29.9 Å². The molecule has 0 amide bonds. The van der Waals surface area contributed by atoms with Gasteiger partial charge in [-0.2, -0.15) is 0 Å². The van der Waals surface area contributed by atoms with Gasteiger partial charge in [0.2, 0.25) is 0 Å². The molecule has 4 aromatic rings. The minimum absolute atomic E-state index is 0.814. The zero-order chi connectivity index (χ0) is 15.5. The van der Waals surface area contributed by atoms with Crippen LogP contribution in [0, 0.1) is 0 Å². The van der Waals surface area contributed by atoms with Crippen molar-refractivity contribution in [3.63, 3.8) is 0 Å². The van der Waals surface area contributed by atoms with Crippen molar-refractivity contribution in [3.8, 4) is 5.69 Å². The number of nitrogens with zero attached hydrogens (tertiary/aromatic N) is 2. The molecule has 0 unspecified atom stereocenters. The molecule has 0 aliphatic heterocycles. The van der Waals surface area contributed by atoms with Gasteiger partial charge in [-0.1, -0.05) is 48.5 Å². The van der Waals surface area contributed by atoms with Gasteiger partial charge in [-0.3, -0.25) is 4.57 Å². The van der Waals surface area contributed by atoms with Gasteiger partial charge in [0.25, 0.3) is 0 Å². The standard InChI is InChI=1S/C20H17N3/c1-2-7-16(8-3-1)14-21-17-9-6-10-18(13-17)23-15-22-19-11-4-5-12-20(19)23/h1-13,15,21H,14H2. The van der Waals surface area contributed by atoms with E-state index in [0.29, 0.717) is 0 Å². The Hall–Kier alpha value is -3.07. The summed E-state index contributed by atoms with van der Waals surface area (Å²) in [6, 6.07) is 27.0. The van der Waals surface area contributed by atoms with Crippen molar-refractivity contribution in [2.75, 3.05) is 5.32 Å². The number of rotatable bonds is 4. The first-order valence-electron chi connectivity index (χ1n) is 7.70. The van der Waals surface area contributed by atoms with Crippen molar-refractivity contribution < 1.29 is 0 Å². The summed E-state index contributed by atoms with van der Waals surface area (Å²) in [6.07, 6.45) is 1.88. The highest BCUT2D eigenvalue weighted by atomic mass is 15.0. The average Bonchev–Trinajstić information content (AvgIpc) is 3.05. The summed E-state index contributed by atoms with van der Waals surface area (Å²) in [6.45, 7) is 0.814. The maximum absolute atomic E-state index is 4.46. The molecule has 0 radical (unpaired) electrons. The molecular formula is C20H17N3. The summed E-state index contributed by atoms with van der Waals surface area (Å²) in [5.41, 5.74) is 5.61. The Balaban J connectivity index is 1.61. The Kier molecular flexibility index (Phi) is 3.53. The van der Waals surface area contributed by atoms with E-state index in [9.17, 15) is 0 Å². The summed E-state index contributed by atoms with van der Waals surface area (Å²) >= 11 is 0. The Morgan fingerprint density at radius 3 is 2.57 bits per heavy atom. The van der Waals surface area contributed by atoms with E-state index in [1.54, 1.807) is 0 Å². The van der Waals surface area contributed by atoms with Gasteiger partial charge in [-0.15, -0.1) is 0 Å². The molecule has 0 aliphatic rings. The van der Waals surface area contributed by atoms with Crippen LogP contribution in [0.25, 0.3) is 16.7 Å². The van der Waals surface area contributed by atoms with Gasteiger partial charge < -0.3 is 5.32 Å². The maximum atomic E-state index is 4.46. The molecule has 0 saturated heterocycles. The zero-order valence-corrected chi connectivity index (χ0v) is 12.7. The Morgan fingerprint density at radius 1 is 0.826 bits per heavy atom. The highest BCUT2D eigenvalue weighted by Gasteiger charge is 2.04. The summed E-state index contributed by atoms with van der Waals surface area (Å²) in [5, 5.41) is 3.48. The van der Waals surface area contributed by atoms with Crippen molar-refractivity contribution in [1.29, 1.82) is 0 Å². The lowest BCUT2D eigenvalue weighted by molar-refractivity contribution is 1.09. The molecule has 4 rings (SSSR count). The molecule has 3 heteroatoms. The van der Waals surface area contributed by atoms with Gasteiger partial charge in [0.15, 0.2) is 0 Å². The van der Waals surface area contributed by atoms with Crippen LogP contribution in [-0.4, -0.2) is 9.55 Å². The average molecular weight is 299 g/mol. The number of fused-ring (bicyclic) bond motifs is 1. The molecule has 0 spiro atoms. The van der Waals surface area contributed by atoms with Gasteiger partial charge in [0.05, 0.1) is 11.0 Å². The molecule has 0 atom stereocenters. The first-order valence-corrected chi connectivity index (χ1v) is 7.70. The summed E-state index contributed by atoms with van der Waals surface area (Å²) < 4.78 is 2.11. The minimum atomic E-state index is 0.814. The molecule has 3 aromatic carbocycles. The molecule has 0 saturated carbocycles. The Bertz CT molecular complexity index is 926. The largest absolute Gasteiger partial charge is 0.381 e. The number of imidazole rings is 1. The van der Waals surface area contributed by atoms with E-state index in [2.05, 4.69) is 69.5 Å². The van der Waals surface area contributed by atoms with Crippen LogP contribution >= 0.6 is 0 Å². The summed E-state index contributed by atoms with van der Waals surface area (Å²) in [7, 11) is 0. The summed E-state index contributed by atoms with van der Waals surface area (Å²) in [5.74, 6) is 0. The van der Waals surface area contributed by atoms with Gasteiger partial charge in [-0.25, -0.2) is 4.98 Å². The number of nitrogens with one attached hydrogen (secondary N) is 1. The number of hydrogen-bond acceptors (Lipinski definition) is 2. The second-order valence-corrected chi connectivity index (χ2v) is 5.49. The molecule has 3 nitrogen and oxygen atoms in total. The fourth-order valence-electron chi connectivity index (χ4n) is 2.73. The third-order valence-electron chi connectivity index (χ3n) is 3.92. The van der Waals surface area contributed by atoms with Crippen LogP contribution in [0.4, 0.5) is 5.69 Å². The fourth-order valence-corrected chi connectivity index (χ4v) is 2.73. The van der Waals surface area contributed by atoms with Crippen molar-refractivity contribution in [2.24, 2.45) is 0 Å². The van der Waals surface area contributed by atoms with Gasteiger partial charge in [0.1, 0.15) is 6.33 Å². The molecule has 0 bridgehead atoms. The second-order valence-electron chi connectivity index (χ2n) is 5.49. The third kappa shape index (κ3) is 2.81. The predicted molar refractivity (Wildman–Crippen MR) is 94.8 cm³/mol. The van der Waals surface area contributed by atoms with E-state index in [0.717, 1.165) is 29.0 Å². The third-order valence-corrected chi connectivity index (χ3v) is 3.92. The van der Waals surface area contributed by atoms with Gasteiger partial charge >= 0.3 is 0 Å². The van der Waals surface area contributed by atoms with Crippen LogP contribution in [0.15, 0.2) is 85.2 Å². The van der Waals surface area contributed by atoms with E-state index < -0.39 is 0 Å². The highest BCUT2D eigenvalue weighted by molar-refractivity contribution is 5.77. The number of aromatic nitrogens is 2. The van der Waals surface area contributed by atoms with E-state index in [1.165, 1.54) is 5.56 Å². The van der Waals surface area contributed by atoms with Crippen LogP contribution in [0.5, 0.6) is 0 Å².